The zero-order valence-corrected chi connectivity index (χ0v) is 16.0. The van der Waals surface area contributed by atoms with Crippen molar-refractivity contribution in [3.63, 3.8) is 0 Å². The number of nitrogen functional groups attached to an aromatic ring is 2. The van der Waals surface area contributed by atoms with E-state index in [1.54, 1.807) is 14.2 Å². The third-order valence-electron chi connectivity index (χ3n) is 4.34. The first-order valence-electron chi connectivity index (χ1n) is 8.43. The van der Waals surface area contributed by atoms with Crippen LogP contribution >= 0.6 is 11.8 Å². The fraction of sp³-hybridized carbons (Fsp3) is 0.412. The number of anilines is 2. The molecule has 2 heterocycles. The van der Waals surface area contributed by atoms with E-state index in [9.17, 15) is 4.79 Å². The van der Waals surface area contributed by atoms with Crippen molar-refractivity contribution in [3.8, 4) is 11.5 Å². The number of aromatic nitrogens is 3. The molecule has 0 spiro atoms. The first kappa shape index (κ1) is 19.0. The quantitative estimate of drug-likeness (QED) is 0.705. The number of nitrogens with zero attached hydrogens (tertiary/aromatic N) is 4. The number of rotatable bonds is 6. The lowest BCUT2D eigenvalue weighted by molar-refractivity contribution is -0.129. The highest BCUT2D eigenvalue weighted by Gasteiger charge is 2.32. The van der Waals surface area contributed by atoms with E-state index < -0.39 is 0 Å². The maximum absolute atomic E-state index is 12.8. The van der Waals surface area contributed by atoms with Gasteiger partial charge in [-0.15, -0.1) is 0 Å². The third-order valence-corrected chi connectivity index (χ3v) is 5.18. The number of hydrogen-bond acceptors (Lipinski definition) is 9. The van der Waals surface area contributed by atoms with Crippen LogP contribution in [0.15, 0.2) is 23.4 Å². The molecule has 9 nitrogen and oxygen atoms in total. The van der Waals surface area contributed by atoms with Crippen molar-refractivity contribution < 1.29 is 14.3 Å². The van der Waals surface area contributed by atoms with E-state index in [2.05, 4.69) is 15.0 Å². The summed E-state index contributed by atoms with van der Waals surface area (Å²) >= 11 is 1.19. The summed E-state index contributed by atoms with van der Waals surface area (Å²) in [4.78, 5) is 26.4. The Morgan fingerprint density at radius 2 is 1.96 bits per heavy atom. The summed E-state index contributed by atoms with van der Waals surface area (Å²) in [7, 11) is 3.24. The van der Waals surface area contributed by atoms with Crippen LogP contribution in [-0.4, -0.2) is 52.3 Å². The van der Waals surface area contributed by atoms with E-state index in [4.69, 9.17) is 20.9 Å². The van der Waals surface area contributed by atoms with Crippen molar-refractivity contribution in [2.45, 2.75) is 24.0 Å². The van der Waals surface area contributed by atoms with Crippen LogP contribution in [0.4, 0.5) is 11.9 Å². The number of amides is 1. The largest absolute Gasteiger partial charge is 0.497 e. The van der Waals surface area contributed by atoms with Crippen LogP contribution in [0.2, 0.25) is 0 Å². The number of likely N-dealkylation sites (tertiary alicyclic amines) is 1. The Labute approximate surface area is 161 Å². The number of carbonyl (C=O) groups excluding carboxylic acids is 1. The van der Waals surface area contributed by atoms with Crippen LogP contribution in [0, 0.1) is 0 Å². The lowest BCUT2D eigenvalue weighted by atomic mass is 10.0. The highest BCUT2D eigenvalue weighted by Crippen LogP contribution is 2.39. The van der Waals surface area contributed by atoms with Crippen molar-refractivity contribution in [1.82, 2.24) is 19.9 Å². The zero-order valence-electron chi connectivity index (χ0n) is 15.2. The number of ether oxygens (including phenoxy) is 2. The number of methoxy groups -OCH3 is 2. The Morgan fingerprint density at radius 3 is 2.63 bits per heavy atom. The summed E-state index contributed by atoms with van der Waals surface area (Å²) in [5.41, 5.74) is 12.1. The molecule has 0 saturated carbocycles. The molecule has 27 heavy (non-hydrogen) atoms. The Kier molecular flexibility index (Phi) is 5.84. The average molecular weight is 390 g/mol. The van der Waals surface area contributed by atoms with E-state index in [-0.39, 0.29) is 29.6 Å². The fourth-order valence-corrected chi connectivity index (χ4v) is 3.89. The van der Waals surface area contributed by atoms with Crippen LogP contribution in [0.5, 0.6) is 11.5 Å². The first-order valence-corrected chi connectivity index (χ1v) is 9.41. The molecule has 2 aromatic rings. The Hall–Kier alpha value is -2.75. The smallest absolute Gasteiger partial charge is 0.233 e. The molecular formula is C17H22N6O3S. The summed E-state index contributed by atoms with van der Waals surface area (Å²) in [6, 6.07) is 5.57. The second kappa shape index (κ2) is 8.30. The minimum absolute atomic E-state index is 0.00933. The van der Waals surface area contributed by atoms with Gasteiger partial charge in [-0.3, -0.25) is 4.79 Å². The molecule has 1 amide bonds. The van der Waals surface area contributed by atoms with Crippen molar-refractivity contribution in [2.75, 3.05) is 38.0 Å². The highest BCUT2D eigenvalue weighted by atomic mass is 32.2. The Bertz CT molecular complexity index is 814. The van der Waals surface area contributed by atoms with Crippen LogP contribution < -0.4 is 20.9 Å². The normalized spacial score (nSPS) is 16.4. The van der Waals surface area contributed by atoms with Crippen LogP contribution in [0.3, 0.4) is 0 Å². The summed E-state index contributed by atoms with van der Waals surface area (Å²) < 4.78 is 10.8. The predicted molar refractivity (Wildman–Crippen MR) is 103 cm³/mol. The lowest BCUT2D eigenvalue weighted by Gasteiger charge is -2.26. The molecule has 10 heteroatoms. The zero-order chi connectivity index (χ0) is 19.4. The molecule has 0 radical (unpaired) electrons. The maximum atomic E-state index is 12.8. The van der Waals surface area contributed by atoms with E-state index in [1.807, 2.05) is 23.1 Å². The second-order valence-electron chi connectivity index (χ2n) is 5.98. The lowest BCUT2D eigenvalue weighted by Crippen LogP contribution is -2.32. The van der Waals surface area contributed by atoms with Crippen LogP contribution in [0.25, 0.3) is 0 Å². The van der Waals surface area contributed by atoms with E-state index >= 15 is 0 Å². The number of carbonyl (C=O) groups is 1. The van der Waals surface area contributed by atoms with Gasteiger partial charge in [0, 0.05) is 12.1 Å². The van der Waals surface area contributed by atoms with Gasteiger partial charge in [0.05, 0.1) is 26.0 Å². The second-order valence-corrected chi connectivity index (χ2v) is 6.92. The van der Waals surface area contributed by atoms with E-state index in [0.717, 1.165) is 29.9 Å². The van der Waals surface area contributed by atoms with Gasteiger partial charge in [-0.2, -0.15) is 15.0 Å². The number of hydrogen-bond donors (Lipinski definition) is 2. The summed E-state index contributed by atoms with van der Waals surface area (Å²) in [6.07, 6.45) is 1.79. The molecule has 1 aliphatic rings. The van der Waals surface area contributed by atoms with Crippen molar-refractivity contribution in [1.29, 1.82) is 0 Å². The summed E-state index contributed by atoms with van der Waals surface area (Å²) in [5.74, 6) is 1.73. The van der Waals surface area contributed by atoms with Crippen molar-refractivity contribution in [2.24, 2.45) is 0 Å². The summed E-state index contributed by atoms with van der Waals surface area (Å²) in [5, 5.41) is 0.336. The molecule has 144 valence electrons. The molecule has 3 rings (SSSR count). The number of benzene rings is 1. The molecule has 1 saturated heterocycles. The molecule has 0 aliphatic carbocycles. The van der Waals surface area contributed by atoms with E-state index in [1.165, 1.54) is 11.8 Å². The first-order chi connectivity index (χ1) is 13.0. The minimum atomic E-state index is -0.0587. The maximum Gasteiger partial charge on any atom is 0.233 e. The average Bonchev–Trinajstić information content (AvgIpc) is 3.14. The third kappa shape index (κ3) is 4.33. The molecule has 4 N–H and O–H groups in total. The number of nitrogens with two attached hydrogens (primary N) is 2. The standard InChI is InChI=1S/C17H22N6O3S/c1-25-10-5-6-13(26-2)11(8-10)12-4-3-7-23(12)14(24)9-27-17-21-15(18)20-16(19)22-17/h5-6,8,12H,3-4,7,9H2,1-2H3,(H4,18,19,20,21,22)/t12-/m1/s1. The predicted octanol–water partition coefficient (Wildman–Crippen LogP) is 1.51. The van der Waals surface area contributed by atoms with Gasteiger partial charge in [0.1, 0.15) is 11.5 Å². The van der Waals surface area contributed by atoms with Gasteiger partial charge in [-0.05, 0) is 31.0 Å². The topological polar surface area (TPSA) is 129 Å². The van der Waals surface area contributed by atoms with Gasteiger partial charge in [0.15, 0.2) is 5.16 Å². The molecule has 1 aromatic carbocycles. The van der Waals surface area contributed by atoms with Crippen molar-refractivity contribution in [3.05, 3.63) is 23.8 Å². The molecule has 0 bridgehead atoms. The molecule has 1 atom stereocenters. The van der Waals surface area contributed by atoms with Crippen molar-refractivity contribution >= 4 is 29.6 Å². The van der Waals surface area contributed by atoms with Gasteiger partial charge in [0.25, 0.3) is 0 Å². The van der Waals surface area contributed by atoms with Gasteiger partial charge in [0.2, 0.25) is 17.8 Å². The Morgan fingerprint density at radius 1 is 1.22 bits per heavy atom. The monoisotopic (exact) mass is 390 g/mol. The molecule has 1 aliphatic heterocycles. The van der Waals surface area contributed by atoms with Gasteiger partial charge in [-0.1, -0.05) is 11.8 Å². The van der Waals surface area contributed by atoms with Crippen LogP contribution in [-0.2, 0) is 4.79 Å². The number of thioether (sulfide) groups is 1. The molecule has 0 unspecified atom stereocenters. The SMILES string of the molecule is COc1ccc(OC)c([C@H]2CCCN2C(=O)CSc2nc(N)nc(N)n2)c1. The summed E-state index contributed by atoms with van der Waals surface area (Å²) in [6.45, 7) is 0.686. The van der Waals surface area contributed by atoms with Gasteiger partial charge >= 0.3 is 0 Å². The molecule has 1 aromatic heterocycles. The molecular weight excluding hydrogens is 368 g/mol. The highest BCUT2D eigenvalue weighted by molar-refractivity contribution is 7.99. The Balaban J connectivity index is 1.75. The fourth-order valence-electron chi connectivity index (χ4n) is 3.15. The van der Waals surface area contributed by atoms with Gasteiger partial charge in [-0.25, -0.2) is 0 Å². The minimum Gasteiger partial charge on any atom is -0.497 e. The molecule has 1 fully saturated rings. The van der Waals surface area contributed by atoms with E-state index in [0.29, 0.717) is 11.7 Å². The van der Waals surface area contributed by atoms with Gasteiger partial charge < -0.3 is 25.8 Å². The van der Waals surface area contributed by atoms with Crippen LogP contribution in [0.1, 0.15) is 24.4 Å².